The normalized spacial score (nSPS) is 10.2. The molecule has 0 saturated heterocycles. The van der Waals surface area contributed by atoms with Gasteiger partial charge < -0.3 is 4.90 Å². The zero-order chi connectivity index (χ0) is 17.0. The van der Waals surface area contributed by atoms with Gasteiger partial charge in [0.05, 0.1) is 10.0 Å². The Balaban J connectivity index is 2.09. The summed E-state index contributed by atoms with van der Waals surface area (Å²) in [5, 5.41) is 5.21. The first-order valence-corrected chi connectivity index (χ1v) is 8.14. The van der Waals surface area contributed by atoms with Gasteiger partial charge in [-0.1, -0.05) is 29.3 Å². The highest BCUT2D eigenvalue weighted by Crippen LogP contribution is 2.23. The molecule has 2 rings (SSSR count). The molecule has 8 heteroatoms. The van der Waals surface area contributed by atoms with E-state index in [-0.39, 0.29) is 17.5 Å². The minimum absolute atomic E-state index is 0.240. The Morgan fingerprint density at radius 2 is 2.13 bits per heavy atom. The number of nitrogens with zero attached hydrogens (tertiary/aromatic N) is 2. The van der Waals surface area contributed by atoms with Gasteiger partial charge in [0.2, 0.25) is 0 Å². The Morgan fingerprint density at radius 3 is 2.78 bits per heavy atom. The Kier molecular flexibility index (Phi) is 5.76. The fraction of sp³-hybridized carbons (Fsp3) is 0.133. The number of hydrogen-bond acceptors (Lipinski definition) is 4. The first kappa shape index (κ1) is 17.5. The summed E-state index contributed by atoms with van der Waals surface area (Å²) < 4.78 is 0. The van der Waals surface area contributed by atoms with Crippen LogP contribution >= 0.6 is 34.5 Å². The van der Waals surface area contributed by atoms with E-state index in [9.17, 15) is 9.59 Å². The molecule has 0 radical (unpaired) electrons. The lowest BCUT2D eigenvalue weighted by Crippen LogP contribution is -2.27. The summed E-state index contributed by atoms with van der Waals surface area (Å²) >= 11 is 12.9. The quantitative estimate of drug-likeness (QED) is 0.811. The summed E-state index contributed by atoms with van der Waals surface area (Å²) in [4.78, 5) is 29.8. The number of nitrogens with one attached hydrogen (secondary N) is 1. The van der Waals surface area contributed by atoms with Crippen LogP contribution in [0, 0.1) is 0 Å². The lowest BCUT2D eigenvalue weighted by molar-refractivity contribution is 0.0805. The summed E-state index contributed by atoms with van der Waals surface area (Å²) in [5.74, 6) is -0.618. The molecule has 0 saturated carbocycles. The molecule has 1 aromatic carbocycles. The van der Waals surface area contributed by atoms with Crippen LogP contribution in [-0.2, 0) is 0 Å². The molecule has 2 amide bonds. The molecule has 5 nitrogen and oxygen atoms in total. The fourth-order valence-corrected chi connectivity index (χ4v) is 2.69. The van der Waals surface area contributed by atoms with Crippen LogP contribution in [0.2, 0.25) is 10.0 Å². The molecule has 0 aliphatic heterocycles. The minimum atomic E-state index is -0.378. The SMILES string of the molecule is C=CCN(C)C(=O)c1csc(NC(=O)c2ccc(Cl)c(Cl)c2)n1. The maximum absolute atomic E-state index is 12.1. The van der Waals surface area contributed by atoms with Crippen LogP contribution in [0.15, 0.2) is 36.2 Å². The number of carbonyl (C=O) groups excluding carboxylic acids is 2. The average molecular weight is 370 g/mol. The molecule has 23 heavy (non-hydrogen) atoms. The molecule has 120 valence electrons. The van der Waals surface area contributed by atoms with Crippen molar-refractivity contribution < 1.29 is 9.59 Å². The summed E-state index contributed by atoms with van der Waals surface area (Å²) in [6.07, 6.45) is 1.62. The Labute approximate surface area is 147 Å². The predicted octanol–water partition coefficient (Wildman–Crippen LogP) is 3.96. The second-order valence-corrected chi connectivity index (χ2v) is 6.27. The molecule has 0 spiro atoms. The van der Waals surface area contributed by atoms with Gasteiger partial charge >= 0.3 is 0 Å². The van der Waals surface area contributed by atoms with Crippen molar-refractivity contribution in [2.45, 2.75) is 0 Å². The second-order valence-electron chi connectivity index (χ2n) is 4.60. The Morgan fingerprint density at radius 1 is 1.39 bits per heavy atom. The monoisotopic (exact) mass is 369 g/mol. The van der Waals surface area contributed by atoms with E-state index in [1.165, 1.54) is 22.3 Å². The smallest absolute Gasteiger partial charge is 0.273 e. The number of amides is 2. The highest BCUT2D eigenvalue weighted by Gasteiger charge is 2.16. The van der Waals surface area contributed by atoms with E-state index >= 15 is 0 Å². The van der Waals surface area contributed by atoms with Gasteiger partial charge in [-0.2, -0.15) is 0 Å². The molecular formula is C15H13Cl2N3O2S. The van der Waals surface area contributed by atoms with E-state index in [4.69, 9.17) is 23.2 Å². The number of thiazole rings is 1. The van der Waals surface area contributed by atoms with Crippen molar-refractivity contribution in [3.05, 3.63) is 57.5 Å². The molecule has 1 heterocycles. The number of likely N-dealkylation sites (N-methyl/N-ethyl adjacent to an activating group) is 1. The van der Waals surface area contributed by atoms with Crippen molar-refractivity contribution in [3.63, 3.8) is 0 Å². The molecule has 0 fully saturated rings. The molecule has 0 atom stereocenters. The number of carbonyl (C=O) groups is 2. The number of hydrogen-bond donors (Lipinski definition) is 1. The van der Waals surface area contributed by atoms with Gasteiger partial charge in [-0.05, 0) is 18.2 Å². The lowest BCUT2D eigenvalue weighted by Gasteiger charge is -2.12. The predicted molar refractivity (Wildman–Crippen MR) is 93.7 cm³/mol. The Bertz CT molecular complexity index is 761. The van der Waals surface area contributed by atoms with E-state index < -0.39 is 0 Å². The molecular weight excluding hydrogens is 357 g/mol. The molecule has 1 aromatic heterocycles. The van der Waals surface area contributed by atoms with E-state index in [1.54, 1.807) is 30.6 Å². The van der Waals surface area contributed by atoms with Crippen molar-refractivity contribution in [3.8, 4) is 0 Å². The summed E-state index contributed by atoms with van der Waals surface area (Å²) in [6.45, 7) is 4.00. The van der Waals surface area contributed by atoms with Crippen LogP contribution in [0.1, 0.15) is 20.8 Å². The van der Waals surface area contributed by atoms with E-state index in [1.807, 2.05) is 0 Å². The first-order chi connectivity index (χ1) is 10.9. The molecule has 0 unspecified atom stereocenters. The van der Waals surface area contributed by atoms with E-state index in [0.717, 1.165) is 0 Å². The van der Waals surface area contributed by atoms with Crippen LogP contribution in [0.5, 0.6) is 0 Å². The standard InChI is InChI=1S/C15H13Cl2N3O2S/c1-3-6-20(2)14(22)12-8-23-15(18-12)19-13(21)9-4-5-10(16)11(17)7-9/h3-5,7-8H,1,6H2,2H3,(H,18,19,21). The second kappa shape index (κ2) is 7.59. The van der Waals surface area contributed by atoms with Crippen molar-refractivity contribution in [1.82, 2.24) is 9.88 Å². The first-order valence-electron chi connectivity index (χ1n) is 6.50. The Hall–Kier alpha value is -1.89. The number of benzene rings is 1. The van der Waals surface area contributed by atoms with Gasteiger partial charge in [-0.3, -0.25) is 14.9 Å². The summed E-state index contributed by atoms with van der Waals surface area (Å²) in [6, 6.07) is 4.57. The van der Waals surface area contributed by atoms with Crippen LogP contribution in [-0.4, -0.2) is 35.3 Å². The van der Waals surface area contributed by atoms with Crippen LogP contribution < -0.4 is 5.32 Å². The largest absolute Gasteiger partial charge is 0.337 e. The van der Waals surface area contributed by atoms with E-state index in [0.29, 0.717) is 27.3 Å². The molecule has 0 aliphatic rings. The van der Waals surface area contributed by atoms with Gasteiger partial charge in [0.25, 0.3) is 11.8 Å². The number of rotatable bonds is 5. The van der Waals surface area contributed by atoms with Crippen molar-refractivity contribution >= 4 is 51.5 Å². The molecule has 0 aliphatic carbocycles. The minimum Gasteiger partial charge on any atom is -0.337 e. The van der Waals surface area contributed by atoms with Gasteiger partial charge in [0.1, 0.15) is 5.69 Å². The average Bonchev–Trinajstić information content (AvgIpc) is 2.97. The lowest BCUT2D eigenvalue weighted by atomic mass is 10.2. The van der Waals surface area contributed by atoms with Gasteiger partial charge in [0.15, 0.2) is 5.13 Å². The van der Waals surface area contributed by atoms with Crippen molar-refractivity contribution in [1.29, 1.82) is 0 Å². The van der Waals surface area contributed by atoms with Crippen molar-refractivity contribution in [2.24, 2.45) is 0 Å². The number of aromatic nitrogens is 1. The summed E-state index contributed by atoms with van der Waals surface area (Å²) in [7, 11) is 1.65. The molecule has 2 aromatic rings. The number of halogens is 2. The van der Waals surface area contributed by atoms with Crippen LogP contribution in [0.25, 0.3) is 0 Å². The third-order valence-corrected chi connectivity index (χ3v) is 4.37. The highest BCUT2D eigenvalue weighted by molar-refractivity contribution is 7.14. The highest BCUT2D eigenvalue weighted by atomic mass is 35.5. The van der Waals surface area contributed by atoms with Gasteiger partial charge in [0, 0.05) is 24.5 Å². The molecule has 0 bridgehead atoms. The zero-order valence-corrected chi connectivity index (χ0v) is 14.5. The zero-order valence-electron chi connectivity index (χ0n) is 12.2. The maximum atomic E-state index is 12.1. The number of anilines is 1. The van der Waals surface area contributed by atoms with Crippen LogP contribution in [0.4, 0.5) is 5.13 Å². The van der Waals surface area contributed by atoms with Crippen molar-refractivity contribution in [2.75, 3.05) is 18.9 Å². The third kappa shape index (κ3) is 4.31. The topological polar surface area (TPSA) is 62.3 Å². The van der Waals surface area contributed by atoms with E-state index in [2.05, 4.69) is 16.9 Å². The fourth-order valence-electron chi connectivity index (χ4n) is 1.71. The maximum Gasteiger partial charge on any atom is 0.273 e. The molecule has 1 N–H and O–H groups in total. The van der Waals surface area contributed by atoms with Gasteiger partial charge in [-0.25, -0.2) is 4.98 Å². The van der Waals surface area contributed by atoms with Gasteiger partial charge in [-0.15, -0.1) is 17.9 Å². The van der Waals surface area contributed by atoms with Crippen LogP contribution in [0.3, 0.4) is 0 Å². The third-order valence-electron chi connectivity index (χ3n) is 2.88. The summed E-state index contributed by atoms with van der Waals surface area (Å²) in [5.41, 5.74) is 0.620.